The van der Waals surface area contributed by atoms with E-state index in [-0.39, 0.29) is 5.54 Å². The van der Waals surface area contributed by atoms with Crippen LogP contribution >= 0.6 is 23.2 Å². The molecule has 0 spiro atoms. The number of halogens is 2. The molecule has 1 heterocycles. The van der Waals surface area contributed by atoms with E-state index in [2.05, 4.69) is 9.98 Å². The highest BCUT2D eigenvalue weighted by Gasteiger charge is 2.08. The average Bonchev–Trinajstić information content (AvgIpc) is 2.17. The largest absolute Gasteiger partial charge is 0.287 e. The van der Waals surface area contributed by atoms with Crippen molar-refractivity contribution in [3.8, 4) is 0 Å². The molecule has 0 radical (unpaired) electrons. The van der Waals surface area contributed by atoms with Crippen molar-refractivity contribution in [2.75, 3.05) is 0 Å². The molecule has 0 unspecified atom stereocenters. The quantitative estimate of drug-likeness (QED) is 0.526. The van der Waals surface area contributed by atoms with Gasteiger partial charge in [-0.1, -0.05) is 37.0 Å². The fourth-order valence-electron chi connectivity index (χ4n) is 1.02. The van der Waals surface area contributed by atoms with Gasteiger partial charge in [0.15, 0.2) is 0 Å². The van der Waals surface area contributed by atoms with E-state index in [1.54, 1.807) is 12.3 Å². The number of aliphatic imine (C=N–C) groups is 1. The minimum absolute atomic E-state index is 0.116. The van der Waals surface area contributed by atoms with Crippen molar-refractivity contribution in [2.45, 2.75) is 47.1 Å². The molecule has 0 N–H and O–H groups in total. The molecule has 0 fully saturated rings. The van der Waals surface area contributed by atoms with Gasteiger partial charge in [0, 0.05) is 11.8 Å². The van der Waals surface area contributed by atoms with Crippen LogP contribution in [0.5, 0.6) is 0 Å². The molecule has 0 atom stereocenters. The lowest BCUT2D eigenvalue weighted by Gasteiger charge is -2.11. The first-order valence-electron chi connectivity index (χ1n) is 5.67. The SMILES string of the molecule is CC.Cc1cc(Cl)nc(Cl)c1C=NC(C)(C)C. The second-order valence-corrected chi connectivity index (χ2v) is 5.14. The minimum Gasteiger partial charge on any atom is -0.287 e. The average molecular weight is 275 g/mol. The monoisotopic (exact) mass is 274 g/mol. The summed E-state index contributed by atoms with van der Waals surface area (Å²) < 4.78 is 0. The highest BCUT2D eigenvalue weighted by atomic mass is 35.5. The lowest BCUT2D eigenvalue weighted by Crippen LogP contribution is -2.10. The standard InChI is InChI=1S/C11H14Cl2N2.C2H6/c1-7-5-9(12)15-10(13)8(7)6-14-11(2,3)4;1-2/h5-6H,1-4H3;1-2H3. The van der Waals surface area contributed by atoms with Gasteiger partial charge in [-0.05, 0) is 39.3 Å². The Balaban J connectivity index is 0.00000121. The summed E-state index contributed by atoms with van der Waals surface area (Å²) in [7, 11) is 0. The summed E-state index contributed by atoms with van der Waals surface area (Å²) in [6, 6.07) is 1.78. The normalized spacial score (nSPS) is 11.3. The first-order valence-corrected chi connectivity index (χ1v) is 6.43. The Labute approximate surface area is 114 Å². The molecular weight excluding hydrogens is 255 g/mol. The number of nitrogens with zero attached hydrogens (tertiary/aromatic N) is 2. The van der Waals surface area contributed by atoms with E-state index < -0.39 is 0 Å². The number of aryl methyl sites for hydroxylation is 1. The maximum absolute atomic E-state index is 5.98. The van der Waals surface area contributed by atoms with Crippen molar-refractivity contribution in [1.29, 1.82) is 0 Å². The van der Waals surface area contributed by atoms with Crippen molar-refractivity contribution in [3.05, 3.63) is 27.5 Å². The fraction of sp³-hybridized carbons (Fsp3) is 0.538. The minimum atomic E-state index is -0.116. The molecule has 1 aromatic rings. The second-order valence-electron chi connectivity index (χ2n) is 4.40. The van der Waals surface area contributed by atoms with Crippen LogP contribution in [0, 0.1) is 6.92 Å². The number of pyridine rings is 1. The molecule has 96 valence electrons. The lowest BCUT2D eigenvalue weighted by atomic mass is 10.1. The molecule has 0 amide bonds. The Kier molecular flexibility index (Phi) is 6.73. The number of aromatic nitrogens is 1. The van der Waals surface area contributed by atoms with Crippen LogP contribution < -0.4 is 0 Å². The van der Waals surface area contributed by atoms with E-state index in [1.165, 1.54) is 0 Å². The van der Waals surface area contributed by atoms with Crippen LogP contribution in [0.2, 0.25) is 10.3 Å². The summed E-state index contributed by atoms with van der Waals surface area (Å²) in [4.78, 5) is 8.36. The van der Waals surface area contributed by atoms with Gasteiger partial charge < -0.3 is 0 Å². The zero-order chi connectivity index (χ0) is 13.6. The van der Waals surface area contributed by atoms with Gasteiger partial charge in [-0.2, -0.15) is 0 Å². The first kappa shape index (κ1) is 16.4. The molecule has 1 aromatic heterocycles. The van der Waals surface area contributed by atoms with Gasteiger partial charge >= 0.3 is 0 Å². The molecular formula is C13H20Cl2N2. The van der Waals surface area contributed by atoms with Gasteiger partial charge in [0.1, 0.15) is 10.3 Å². The maximum atomic E-state index is 5.98. The van der Waals surface area contributed by atoms with Gasteiger partial charge in [0.25, 0.3) is 0 Å². The maximum Gasteiger partial charge on any atom is 0.139 e. The van der Waals surface area contributed by atoms with Crippen molar-refractivity contribution in [3.63, 3.8) is 0 Å². The van der Waals surface area contributed by atoms with Crippen LogP contribution in [0.15, 0.2) is 11.1 Å². The molecule has 0 aromatic carbocycles. The Bertz CT molecular complexity index is 370. The van der Waals surface area contributed by atoms with E-state index in [0.29, 0.717) is 10.3 Å². The van der Waals surface area contributed by atoms with Crippen molar-refractivity contribution in [2.24, 2.45) is 4.99 Å². The zero-order valence-corrected chi connectivity index (χ0v) is 12.8. The molecule has 1 rings (SSSR count). The highest BCUT2D eigenvalue weighted by molar-refractivity contribution is 6.34. The summed E-state index contributed by atoms with van der Waals surface area (Å²) >= 11 is 11.7. The predicted octanol–water partition coefficient (Wildman–Crippen LogP) is 4.94. The smallest absolute Gasteiger partial charge is 0.139 e. The number of hydrogen-bond donors (Lipinski definition) is 0. The molecule has 0 aliphatic heterocycles. The third kappa shape index (κ3) is 6.04. The third-order valence-electron chi connectivity index (χ3n) is 1.77. The molecule has 0 aliphatic rings. The van der Waals surface area contributed by atoms with Gasteiger partial charge in [-0.25, -0.2) is 4.98 Å². The van der Waals surface area contributed by atoms with Crippen molar-refractivity contribution in [1.82, 2.24) is 4.98 Å². The van der Waals surface area contributed by atoms with Crippen LogP contribution in [0.1, 0.15) is 45.7 Å². The van der Waals surface area contributed by atoms with E-state index >= 15 is 0 Å². The van der Waals surface area contributed by atoms with Crippen LogP contribution in [0.4, 0.5) is 0 Å². The van der Waals surface area contributed by atoms with Gasteiger partial charge in [-0.15, -0.1) is 0 Å². The van der Waals surface area contributed by atoms with E-state index in [1.807, 2.05) is 41.5 Å². The Morgan fingerprint density at radius 1 is 1.24 bits per heavy atom. The lowest BCUT2D eigenvalue weighted by molar-refractivity contribution is 0.586. The van der Waals surface area contributed by atoms with Crippen molar-refractivity contribution >= 4 is 29.4 Å². The van der Waals surface area contributed by atoms with Crippen LogP contribution in [0.3, 0.4) is 0 Å². The summed E-state index contributed by atoms with van der Waals surface area (Å²) in [5, 5.41) is 0.804. The van der Waals surface area contributed by atoms with E-state index in [9.17, 15) is 0 Å². The van der Waals surface area contributed by atoms with Gasteiger partial charge in [-0.3, -0.25) is 4.99 Å². The summed E-state index contributed by atoms with van der Waals surface area (Å²) in [6.07, 6.45) is 1.75. The van der Waals surface area contributed by atoms with Crippen molar-refractivity contribution < 1.29 is 0 Å². The highest BCUT2D eigenvalue weighted by Crippen LogP contribution is 2.20. The van der Waals surface area contributed by atoms with Crippen LogP contribution in [-0.2, 0) is 0 Å². The summed E-state index contributed by atoms with van der Waals surface area (Å²) in [5.41, 5.74) is 1.69. The molecule has 0 bridgehead atoms. The first-order chi connectivity index (χ1) is 7.79. The fourth-order valence-corrected chi connectivity index (χ4v) is 1.60. The van der Waals surface area contributed by atoms with Crippen LogP contribution in [-0.4, -0.2) is 16.7 Å². The molecule has 17 heavy (non-hydrogen) atoms. The van der Waals surface area contributed by atoms with Gasteiger partial charge in [0.05, 0.1) is 5.54 Å². The van der Waals surface area contributed by atoms with Gasteiger partial charge in [0.2, 0.25) is 0 Å². The molecule has 0 saturated heterocycles. The molecule has 2 nitrogen and oxygen atoms in total. The molecule has 0 aliphatic carbocycles. The topological polar surface area (TPSA) is 25.2 Å². The Morgan fingerprint density at radius 3 is 2.18 bits per heavy atom. The van der Waals surface area contributed by atoms with E-state index in [4.69, 9.17) is 23.2 Å². The van der Waals surface area contributed by atoms with Crippen LogP contribution in [0.25, 0.3) is 0 Å². The number of hydrogen-bond acceptors (Lipinski definition) is 2. The Morgan fingerprint density at radius 2 is 1.76 bits per heavy atom. The molecule has 0 saturated carbocycles. The number of rotatable bonds is 1. The zero-order valence-electron chi connectivity index (χ0n) is 11.3. The third-order valence-corrected chi connectivity index (χ3v) is 2.25. The molecule has 4 heteroatoms. The summed E-state index contributed by atoms with van der Waals surface area (Å²) in [5.74, 6) is 0. The Hall–Kier alpha value is -0.600. The predicted molar refractivity (Wildman–Crippen MR) is 77.7 cm³/mol. The summed E-state index contributed by atoms with van der Waals surface area (Å²) in [6.45, 7) is 12.0. The second kappa shape index (κ2) is 6.97. The van der Waals surface area contributed by atoms with E-state index in [0.717, 1.165) is 11.1 Å².